The molecule has 6 heteroatoms. The maximum Gasteiger partial charge on any atom is 0.157 e. The Morgan fingerprint density at radius 1 is 1.20 bits per heavy atom. The minimum absolute atomic E-state index is 0.485. The van der Waals surface area contributed by atoms with Crippen molar-refractivity contribution in [2.24, 2.45) is 5.73 Å². The number of para-hydroxylation sites is 2. The van der Waals surface area contributed by atoms with Crippen LogP contribution in [-0.4, -0.2) is 21.1 Å². The van der Waals surface area contributed by atoms with E-state index in [4.69, 9.17) is 28.9 Å². The van der Waals surface area contributed by atoms with Gasteiger partial charge in [-0.05, 0) is 24.7 Å². The highest BCUT2D eigenvalue weighted by molar-refractivity contribution is 6.35. The number of pyridine rings is 1. The minimum Gasteiger partial charge on any atom is -0.330 e. The quantitative estimate of drug-likeness (QED) is 0.808. The van der Waals surface area contributed by atoms with E-state index >= 15 is 0 Å². The summed E-state index contributed by atoms with van der Waals surface area (Å²) in [5.41, 5.74) is 7.51. The van der Waals surface area contributed by atoms with Crippen molar-refractivity contribution in [1.82, 2.24) is 14.5 Å². The highest BCUT2D eigenvalue weighted by atomic mass is 35.5. The van der Waals surface area contributed by atoms with E-state index < -0.39 is 0 Å². The van der Waals surface area contributed by atoms with Gasteiger partial charge in [0, 0.05) is 12.6 Å². The summed E-state index contributed by atoms with van der Waals surface area (Å²) >= 11 is 12.2. The molecular formula is C14H12Cl2N4. The van der Waals surface area contributed by atoms with Gasteiger partial charge in [-0.3, -0.25) is 4.57 Å². The lowest BCUT2D eigenvalue weighted by Gasteiger charge is -2.09. The molecule has 0 amide bonds. The number of nitrogens with zero attached hydrogens (tertiary/aromatic N) is 3. The van der Waals surface area contributed by atoms with Gasteiger partial charge in [-0.15, -0.1) is 0 Å². The Balaban J connectivity index is 2.30. The Labute approximate surface area is 126 Å². The van der Waals surface area contributed by atoms with Crippen molar-refractivity contribution < 1.29 is 0 Å². The molecule has 1 aromatic carbocycles. The monoisotopic (exact) mass is 306 g/mol. The first-order valence-electron chi connectivity index (χ1n) is 6.18. The number of halogens is 2. The average molecular weight is 307 g/mol. The lowest BCUT2D eigenvalue weighted by Crippen LogP contribution is -2.10. The summed E-state index contributed by atoms with van der Waals surface area (Å²) in [6.45, 7) is 0.508. The van der Waals surface area contributed by atoms with E-state index in [2.05, 4.69) is 9.97 Å². The van der Waals surface area contributed by atoms with Crippen LogP contribution in [-0.2, 0) is 6.42 Å². The Kier molecular flexibility index (Phi) is 3.61. The third kappa shape index (κ3) is 2.26. The van der Waals surface area contributed by atoms with Gasteiger partial charge in [-0.2, -0.15) is 0 Å². The number of hydrogen-bond acceptors (Lipinski definition) is 3. The zero-order valence-electron chi connectivity index (χ0n) is 10.6. The molecular weight excluding hydrogens is 295 g/mol. The fraction of sp³-hybridized carbons (Fsp3) is 0.143. The number of nitrogens with two attached hydrogens (primary N) is 1. The van der Waals surface area contributed by atoms with Gasteiger partial charge in [0.25, 0.3) is 0 Å². The second-order valence-corrected chi connectivity index (χ2v) is 5.19. The Hall–Kier alpha value is -1.62. The van der Waals surface area contributed by atoms with Crippen LogP contribution in [0.2, 0.25) is 10.0 Å². The molecule has 3 aromatic rings. The summed E-state index contributed by atoms with van der Waals surface area (Å²) in [5, 5.41) is 0.988. The van der Waals surface area contributed by atoms with E-state index in [0.29, 0.717) is 28.8 Å². The molecule has 0 aliphatic rings. The fourth-order valence-corrected chi connectivity index (χ4v) is 2.65. The Morgan fingerprint density at radius 2 is 2.00 bits per heavy atom. The molecule has 20 heavy (non-hydrogen) atoms. The van der Waals surface area contributed by atoms with Crippen molar-refractivity contribution in [2.45, 2.75) is 6.42 Å². The van der Waals surface area contributed by atoms with Gasteiger partial charge in [0.1, 0.15) is 5.82 Å². The molecule has 0 radical (unpaired) electrons. The second kappa shape index (κ2) is 5.40. The number of hydrogen-bond donors (Lipinski definition) is 1. The third-order valence-electron chi connectivity index (χ3n) is 3.00. The highest BCUT2D eigenvalue weighted by Gasteiger charge is 2.15. The summed E-state index contributed by atoms with van der Waals surface area (Å²) < 4.78 is 1.93. The number of rotatable bonds is 3. The molecule has 0 fully saturated rings. The molecule has 3 rings (SSSR count). The van der Waals surface area contributed by atoms with Crippen LogP contribution in [0, 0.1) is 0 Å². The maximum atomic E-state index is 6.27. The van der Waals surface area contributed by atoms with Gasteiger partial charge in [-0.25, -0.2) is 9.97 Å². The van der Waals surface area contributed by atoms with E-state index in [1.807, 2.05) is 28.8 Å². The van der Waals surface area contributed by atoms with E-state index in [0.717, 1.165) is 16.9 Å². The zero-order valence-corrected chi connectivity index (χ0v) is 12.1. The van der Waals surface area contributed by atoms with Crippen LogP contribution in [0.15, 0.2) is 36.5 Å². The molecule has 102 valence electrons. The maximum absolute atomic E-state index is 6.27. The predicted octanol–water partition coefficient (Wildman–Crippen LogP) is 3.23. The highest BCUT2D eigenvalue weighted by Crippen LogP contribution is 2.27. The van der Waals surface area contributed by atoms with Crippen LogP contribution >= 0.6 is 23.2 Å². The van der Waals surface area contributed by atoms with Crippen molar-refractivity contribution in [3.8, 4) is 5.82 Å². The van der Waals surface area contributed by atoms with E-state index in [-0.39, 0.29) is 0 Å². The molecule has 0 spiro atoms. The first kappa shape index (κ1) is 13.4. The third-order valence-corrected chi connectivity index (χ3v) is 3.48. The van der Waals surface area contributed by atoms with Crippen molar-refractivity contribution in [1.29, 1.82) is 0 Å². The smallest absolute Gasteiger partial charge is 0.157 e. The van der Waals surface area contributed by atoms with Gasteiger partial charge in [-0.1, -0.05) is 35.3 Å². The first-order valence-corrected chi connectivity index (χ1v) is 6.94. The van der Waals surface area contributed by atoms with Crippen LogP contribution in [0.4, 0.5) is 0 Å². The van der Waals surface area contributed by atoms with Gasteiger partial charge in [0.2, 0.25) is 0 Å². The SMILES string of the molecule is NCCc1nc2ccccc2n1-c1ncc(Cl)cc1Cl. The number of fused-ring (bicyclic) bond motifs is 1. The molecule has 0 saturated carbocycles. The van der Waals surface area contributed by atoms with Gasteiger partial charge in [0.15, 0.2) is 5.82 Å². The van der Waals surface area contributed by atoms with Crippen molar-refractivity contribution >= 4 is 34.2 Å². The molecule has 2 aromatic heterocycles. The summed E-state index contributed by atoms with van der Waals surface area (Å²) in [7, 11) is 0. The van der Waals surface area contributed by atoms with Crippen molar-refractivity contribution in [2.75, 3.05) is 6.54 Å². The van der Waals surface area contributed by atoms with Gasteiger partial charge >= 0.3 is 0 Å². The molecule has 0 atom stereocenters. The summed E-state index contributed by atoms with van der Waals surface area (Å²) in [6.07, 6.45) is 2.22. The zero-order chi connectivity index (χ0) is 14.1. The molecule has 0 bridgehead atoms. The lowest BCUT2D eigenvalue weighted by atomic mass is 10.3. The molecule has 0 aliphatic carbocycles. The largest absolute Gasteiger partial charge is 0.330 e. The summed E-state index contributed by atoms with van der Waals surface area (Å²) in [6, 6.07) is 9.51. The van der Waals surface area contributed by atoms with Crippen molar-refractivity contribution in [3.05, 3.63) is 52.4 Å². The lowest BCUT2D eigenvalue weighted by molar-refractivity contribution is 0.835. The predicted molar refractivity (Wildman–Crippen MR) is 81.6 cm³/mol. The van der Waals surface area contributed by atoms with Gasteiger partial charge in [0.05, 0.1) is 21.1 Å². The van der Waals surface area contributed by atoms with Crippen LogP contribution in [0.25, 0.3) is 16.9 Å². The van der Waals surface area contributed by atoms with Crippen molar-refractivity contribution in [3.63, 3.8) is 0 Å². The number of imidazole rings is 1. The normalized spacial score (nSPS) is 11.2. The van der Waals surface area contributed by atoms with Crippen LogP contribution in [0.1, 0.15) is 5.82 Å². The average Bonchev–Trinajstić information content (AvgIpc) is 2.78. The van der Waals surface area contributed by atoms with E-state index in [1.165, 1.54) is 0 Å². The van der Waals surface area contributed by atoms with Crippen LogP contribution in [0.3, 0.4) is 0 Å². The topological polar surface area (TPSA) is 56.7 Å². The molecule has 2 N–H and O–H groups in total. The summed E-state index contributed by atoms with van der Waals surface area (Å²) in [4.78, 5) is 8.93. The minimum atomic E-state index is 0.485. The Morgan fingerprint density at radius 3 is 2.75 bits per heavy atom. The molecule has 0 saturated heterocycles. The molecule has 2 heterocycles. The molecule has 0 unspecified atom stereocenters. The standard InChI is InChI=1S/C14H12Cl2N4/c15-9-7-10(16)14(18-8-9)20-12-4-2-1-3-11(12)19-13(20)5-6-17/h1-4,7-8H,5-6,17H2. The van der Waals surface area contributed by atoms with E-state index in [9.17, 15) is 0 Å². The summed E-state index contributed by atoms with van der Waals surface area (Å²) in [5.74, 6) is 1.46. The molecule has 4 nitrogen and oxygen atoms in total. The Bertz CT molecular complexity index is 767. The fourth-order valence-electron chi connectivity index (χ4n) is 2.18. The molecule has 0 aliphatic heterocycles. The number of aromatic nitrogens is 3. The van der Waals surface area contributed by atoms with Crippen LogP contribution < -0.4 is 5.73 Å². The first-order chi connectivity index (χ1) is 9.70. The van der Waals surface area contributed by atoms with E-state index in [1.54, 1.807) is 12.3 Å². The number of benzene rings is 1. The second-order valence-electron chi connectivity index (χ2n) is 4.35. The van der Waals surface area contributed by atoms with Crippen LogP contribution in [0.5, 0.6) is 0 Å². The van der Waals surface area contributed by atoms with Gasteiger partial charge < -0.3 is 5.73 Å².